The lowest BCUT2D eigenvalue weighted by Crippen LogP contribution is -2.02. The Hall–Kier alpha value is -0.580. The van der Waals surface area contributed by atoms with E-state index in [-0.39, 0.29) is 0 Å². The molecule has 1 aromatic rings. The van der Waals surface area contributed by atoms with E-state index >= 15 is 0 Å². The number of hydrogen-bond donors (Lipinski definition) is 1. The van der Waals surface area contributed by atoms with Crippen LogP contribution in [0.2, 0.25) is 0 Å². The summed E-state index contributed by atoms with van der Waals surface area (Å²) in [5.41, 5.74) is 7.60. The molecule has 15 heavy (non-hydrogen) atoms. The Morgan fingerprint density at radius 1 is 1.33 bits per heavy atom. The maximum atomic E-state index is 5.83. The predicted molar refractivity (Wildman–Crippen MR) is 64.7 cm³/mol. The maximum Gasteiger partial charge on any atom is 0.0748 e. The smallest absolute Gasteiger partial charge is 0.0748 e. The van der Waals surface area contributed by atoms with E-state index in [0.717, 1.165) is 28.8 Å². The molecule has 0 unspecified atom stereocenters. The van der Waals surface area contributed by atoms with E-state index in [1.165, 1.54) is 0 Å². The quantitative estimate of drug-likeness (QED) is 0.640. The Kier molecular flexibility index (Phi) is 5.68. The highest BCUT2D eigenvalue weighted by Crippen LogP contribution is 2.23. The molecule has 0 bridgehead atoms. The van der Waals surface area contributed by atoms with Crippen LogP contribution in [-0.4, -0.2) is 20.3 Å². The molecule has 3 nitrogen and oxygen atoms in total. The van der Waals surface area contributed by atoms with E-state index in [0.29, 0.717) is 13.2 Å². The summed E-state index contributed by atoms with van der Waals surface area (Å²) in [5.74, 6) is 0. The first-order valence-electron chi connectivity index (χ1n) is 4.85. The van der Waals surface area contributed by atoms with Crippen molar-refractivity contribution in [3.8, 4) is 0 Å². The van der Waals surface area contributed by atoms with Gasteiger partial charge in [0.15, 0.2) is 0 Å². The summed E-state index contributed by atoms with van der Waals surface area (Å²) in [5, 5.41) is 0. The molecule has 2 N–H and O–H groups in total. The van der Waals surface area contributed by atoms with Gasteiger partial charge in [-0.25, -0.2) is 0 Å². The van der Waals surface area contributed by atoms with Crippen molar-refractivity contribution in [1.82, 2.24) is 0 Å². The summed E-state index contributed by atoms with van der Waals surface area (Å²) in [6.45, 7) is 1.96. The van der Waals surface area contributed by atoms with Crippen LogP contribution in [0.1, 0.15) is 12.0 Å². The molecule has 0 saturated carbocycles. The Balaban J connectivity index is 2.37. The lowest BCUT2D eigenvalue weighted by Gasteiger charge is -2.08. The number of ether oxygens (including phenoxy) is 2. The SMILES string of the molecule is COCCCOCc1c(N)cccc1Br. The number of benzene rings is 1. The number of hydrogen-bond acceptors (Lipinski definition) is 3. The number of nitrogens with two attached hydrogens (primary N) is 1. The molecular weight excluding hydrogens is 258 g/mol. The third-order valence-electron chi connectivity index (χ3n) is 2.04. The number of rotatable bonds is 6. The van der Waals surface area contributed by atoms with E-state index < -0.39 is 0 Å². The predicted octanol–water partition coefficient (Wildman–Crippen LogP) is 2.58. The maximum absolute atomic E-state index is 5.83. The van der Waals surface area contributed by atoms with Crippen LogP contribution in [0, 0.1) is 0 Å². The lowest BCUT2D eigenvalue weighted by molar-refractivity contribution is 0.0929. The van der Waals surface area contributed by atoms with Crippen LogP contribution in [0.25, 0.3) is 0 Å². The fourth-order valence-electron chi connectivity index (χ4n) is 1.21. The topological polar surface area (TPSA) is 44.5 Å². The first kappa shape index (κ1) is 12.5. The zero-order valence-electron chi connectivity index (χ0n) is 8.83. The van der Waals surface area contributed by atoms with Gasteiger partial charge in [0.25, 0.3) is 0 Å². The van der Waals surface area contributed by atoms with Crippen molar-refractivity contribution in [2.24, 2.45) is 0 Å². The molecule has 0 radical (unpaired) electrons. The van der Waals surface area contributed by atoms with Gasteiger partial charge in [-0.2, -0.15) is 0 Å². The Morgan fingerprint density at radius 3 is 2.80 bits per heavy atom. The average molecular weight is 274 g/mol. The molecule has 1 aromatic carbocycles. The fraction of sp³-hybridized carbons (Fsp3) is 0.455. The average Bonchev–Trinajstić information content (AvgIpc) is 2.21. The van der Waals surface area contributed by atoms with Crippen molar-refractivity contribution < 1.29 is 9.47 Å². The van der Waals surface area contributed by atoms with Gasteiger partial charge in [-0.05, 0) is 18.6 Å². The number of halogens is 1. The molecule has 4 heteroatoms. The van der Waals surface area contributed by atoms with Gasteiger partial charge in [-0.15, -0.1) is 0 Å². The van der Waals surface area contributed by atoms with Crippen molar-refractivity contribution >= 4 is 21.6 Å². The van der Waals surface area contributed by atoms with Crippen molar-refractivity contribution in [3.63, 3.8) is 0 Å². The normalized spacial score (nSPS) is 10.5. The molecule has 0 spiro atoms. The monoisotopic (exact) mass is 273 g/mol. The molecule has 0 atom stereocenters. The summed E-state index contributed by atoms with van der Waals surface area (Å²) in [6.07, 6.45) is 0.904. The van der Waals surface area contributed by atoms with Crippen molar-refractivity contribution in [3.05, 3.63) is 28.2 Å². The molecule has 0 fully saturated rings. The van der Waals surface area contributed by atoms with E-state index in [9.17, 15) is 0 Å². The third-order valence-corrected chi connectivity index (χ3v) is 2.78. The zero-order valence-corrected chi connectivity index (χ0v) is 10.4. The van der Waals surface area contributed by atoms with Gasteiger partial charge in [0.2, 0.25) is 0 Å². The summed E-state index contributed by atoms with van der Waals surface area (Å²) in [6, 6.07) is 5.75. The molecule has 0 aliphatic heterocycles. The highest BCUT2D eigenvalue weighted by atomic mass is 79.9. The van der Waals surface area contributed by atoms with Crippen LogP contribution >= 0.6 is 15.9 Å². The van der Waals surface area contributed by atoms with Gasteiger partial charge in [-0.1, -0.05) is 22.0 Å². The molecule has 0 aromatic heterocycles. The number of anilines is 1. The molecule has 1 rings (SSSR count). The summed E-state index contributed by atoms with van der Waals surface area (Å²) >= 11 is 3.45. The minimum atomic E-state index is 0.539. The summed E-state index contributed by atoms with van der Waals surface area (Å²) in [4.78, 5) is 0. The standard InChI is InChI=1S/C11H16BrNO2/c1-14-6-3-7-15-8-9-10(12)4-2-5-11(9)13/h2,4-5H,3,6-8,13H2,1H3. The van der Waals surface area contributed by atoms with E-state index in [1.807, 2.05) is 18.2 Å². The van der Waals surface area contributed by atoms with Gasteiger partial charge in [0.1, 0.15) is 0 Å². The Morgan fingerprint density at radius 2 is 2.13 bits per heavy atom. The molecule has 0 aliphatic rings. The molecule has 0 saturated heterocycles. The highest BCUT2D eigenvalue weighted by molar-refractivity contribution is 9.10. The zero-order chi connectivity index (χ0) is 11.1. The lowest BCUT2D eigenvalue weighted by atomic mass is 10.2. The molecule has 0 amide bonds. The van der Waals surface area contributed by atoms with E-state index in [2.05, 4.69) is 15.9 Å². The van der Waals surface area contributed by atoms with Crippen LogP contribution in [0.5, 0.6) is 0 Å². The van der Waals surface area contributed by atoms with Crippen molar-refractivity contribution in [1.29, 1.82) is 0 Å². The van der Waals surface area contributed by atoms with Crippen LogP contribution in [-0.2, 0) is 16.1 Å². The summed E-state index contributed by atoms with van der Waals surface area (Å²) in [7, 11) is 1.69. The second-order valence-corrected chi connectivity index (χ2v) is 4.06. The van der Waals surface area contributed by atoms with E-state index in [4.69, 9.17) is 15.2 Å². The van der Waals surface area contributed by atoms with Gasteiger partial charge < -0.3 is 15.2 Å². The largest absolute Gasteiger partial charge is 0.398 e. The molecular formula is C11H16BrNO2. The van der Waals surface area contributed by atoms with Gasteiger partial charge in [0, 0.05) is 36.0 Å². The van der Waals surface area contributed by atoms with Crippen molar-refractivity contribution in [2.75, 3.05) is 26.1 Å². The summed E-state index contributed by atoms with van der Waals surface area (Å²) < 4.78 is 11.4. The molecule has 0 aliphatic carbocycles. The minimum Gasteiger partial charge on any atom is -0.398 e. The van der Waals surface area contributed by atoms with E-state index in [1.54, 1.807) is 7.11 Å². The molecule has 84 valence electrons. The fourth-order valence-corrected chi connectivity index (χ4v) is 1.70. The second kappa shape index (κ2) is 6.82. The van der Waals surface area contributed by atoms with Crippen LogP contribution in [0.15, 0.2) is 22.7 Å². The van der Waals surface area contributed by atoms with Crippen LogP contribution in [0.3, 0.4) is 0 Å². The Labute approximate surface area is 98.7 Å². The number of methoxy groups -OCH3 is 1. The van der Waals surface area contributed by atoms with Gasteiger partial charge >= 0.3 is 0 Å². The molecule has 0 heterocycles. The van der Waals surface area contributed by atoms with Crippen LogP contribution in [0.4, 0.5) is 5.69 Å². The second-order valence-electron chi connectivity index (χ2n) is 3.21. The van der Waals surface area contributed by atoms with Crippen molar-refractivity contribution in [2.45, 2.75) is 13.0 Å². The van der Waals surface area contributed by atoms with Gasteiger partial charge in [0.05, 0.1) is 6.61 Å². The highest BCUT2D eigenvalue weighted by Gasteiger charge is 2.03. The Bertz CT molecular complexity index is 284. The van der Waals surface area contributed by atoms with Crippen LogP contribution < -0.4 is 5.73 Å². The first-order chi connectivity index (χ1) is 7.25. The first-order valence-corrected chi connectivity index (χ1v) is 5.64. The van der Waals surface area contributed by atoms with Gasteiger partial charge in [-0.3, -0.25) is 0 Å². The third kappa shape index (κ3) is 4.20. The number of nitrogen functional groups attached to an aromatic ring is 1. The minimum absolute atomic E-state index is 0.539.